The molecule has 54 valence electrons. The summed E-state index contributed by atoms with van der Waals surface area (Å²) in [5.74, 6) is 1.10. The fourth-order valence-electron chi connectivity index (χ4n) is 0.944. The van der Waals surface area contributed by atoms with Crippen LogP contribution in [0.4, 0.5) is 0 Å². The van der Waals surface area contributed by atoms with Crippen LogP contribution in [0, 0.1) is 5.92 Å². The Morgan fingerprint density at radius 2 is 2.10 bits per heavy atom. The highest BCUT2D eigenvalue weighted by molar-refractivity contribution is 5.17. The van der Waals surface area contributed by atoms with Gasteiger partial charge < -0.3 is 4.74 Å². The average Bonchev–Trinajstić information content (AvgIpc) is 2.05. The molecule has 0 saturated heterocycles. The first-order chi connectivity index (χ1) is 4.84. The van der Waals surface area contributed by atoms with Crippen LogP contribution < -0.4 is 0 Å². The van der Waals surface area contributed by atoms with Crippen molar-refractivity contribution in [2.45, 2.75) is 6.42 Å². The quantitative estimate of drug-likeness (QED) is 0.418. The molecule has 0 aromatic rings. The fourth-order valence-corrected chi connectivity index (χ4v) is 0.944. The van der Waals surface area contributed by atoms with Crippen molar-refractivity contribution in [1.29, 1.82) is 0 Å². The lowest BCUT2D eigenvalue weighted by Crippen LogP contribution is -1.99. The van der Waals surface area contributed by atoms with Gasteiger partial charge in [-0.3, -0.25) is 0 Å². The van der Waals surface area contributed by atoms with Crippen LogP contribution in [0.15, 0.2) is 36.6 Å². The van der Waals surface area contributed by atoms with Gasteiger partial charge in [0, 0.05) is 0 Å². The lowest BCUT2D eigenvalue weighted by Gasteiger charge is -2.11. The molecule has 0 bridgehead atoms. The molecule has 1 aliphatic rings. The van der Waals surface area contributed by atoms with Gasteiger partial charge in [0.05, 0.1) is 18.8 Å². The Hall–Kier alpha value is -0.980. The van der Waals surface area contributed by atoms with Crippen molar-refractivity contribution in [3.05, 3.63) is 36.6 Å². The van der Waals surface area contributed by atoms with Crippen molar-refractivity contribution in [1.82, 2.24) is 0 Å². The standard InChI is InChI=1S/C9H12O/c1-8(10-2)9-6-4-3-5-7-9/h4-7,9H,1,3H2,2H3. The van der Waals surface area contributed by atoms with Crippen molar-refractivity contribution in [3.8, 4) is 0 Å². The molecule has 0 heterocycles. The van der Waals surface area contributed by atoms with Gasteiger partial charge in [0.15, 0.2) is 0 Å². The maximum atomic E-state index is 4.99. The van der Waals surface area contributed by atoms with Crippen molar-refractivity contribution >= 4 is 0 Å². The van der Waals surface area contributed by atoms with Crippen LogP contribution >= 0.6 is 0 Å². The van der Waals surface area contributed by atoms with E-state index in [0.29, 0.717) is 5.92 Å². The van der Waals surface area contributed by atoms with E-state index < -0.39 is 0 Å². The summed E-state index contributed by atoms with van der Waals surface area (Å²) in [4.78, 5) is 0. The molecule has 1 aliphatic carbocycles. The second kappa shape index (κ2) is 3.25. The molecular formula is C9H12O. The van der Waals surface area contributed by atoms with Crippen LogP contribution in [0.2, 0.25) is 0 Å². The number of ether oxygens (including phenoxy) is 1. The molecule has 0 aliphatic heterocycles. The minimum absolute atomic E-state index is 0.291. The predicted molar refractivity (Wildman–Crippen MR) is 42.5 cm³/mol. The second-order valence-electron chi connectivity index (χ2n) is 2.29. The summed E-state index contributed by atoms with van der Waals surface area (Å²) < 4.78 is 4.99. The van der Waals surface area contributed by atoms with Gasteiger partial charge >= 0.3 is 0 Å². The third-order valence-corrected chi connectivity index (χ3v) is 1.59. The van der Waals surface area contributed by atoms with Crippen molar-refractivity contribution in [2.24, 2.45) is 5.92 Å². The Labute approximate surface area is 61.7 Å². The molecule has 0 N–H and O–H groups in total. The first-order valence-corrected chi connectivity index (χ1v) is 3.40. The van der Waals surface area contributed by atoms with E-state index in [4.69, 9.17) is 4.74 Å². The van der Waals surface area contributed by atoms with Gasteiger partial charge in [0.25, 0.3) is 0 Å². The van der Waals surface area contributed by atoms with Crippen LogP contribution in [-0.4, -0.2) is 7.11 Å². The molecule has 0 fully saturated rings. The van der Waals surface area contributed by atoms with Crippen LogP contribution in [0.3, 0.4) is 0 Å². The summed E-state index contributed by atoms with van der Waals surface area (Å²) in [5.41, 5.74) is 0. The van der Waals surface area contributed by atoms with Gasteiger partial charge in [-0.15, -0.1) is 0 Å². The maximum absolute atomic E-state index is 4.99. The maximum Gasteiger partial charge on any atom is 0.0990 e. The molecule has 0 amide bonds. The predicted octanol–water partition coefficient (Wildman–Crippen LogP) is 2.28. The molecule has 0 aromatic carbocycles. The lowest BCUT2D eigenvalue weighted by molar-refractivity contribution is 0.270. The van der Waals surface area contributed by atoms with Crippen molar-refractivity contribution in [2.75, 3.05) is 7.11 Å². The van der Waals surface area contributed by atoms with Crippen molar-refractivity contribution < 1.29 is 4.74 Å². The third-order valence-electron chi connectivity index (χ3n) is 1.59. The highest BCUT2D eigenvalue weighted by atomic mass is 16.5. The summed E-state index contributed by atoms with van der Waals surface area (Å²) >= 11 is 0. The molecule has 1 nitrogen and oxygen atoms in total. The summed E-state index contributed by atoms with van der Waals surface area (Å²) in [6.07, 6.45) is 9.48. The molecule has 0 aromatic heterocycles. The summed E-state index contributed by atoms with van der Waals surface area (Å²) in [7, 11) is 1.65. The first kappa shape index (κ1) is 7.13. The minimum Gasteiger partial charge on any atom is -0.501 e. The topological polar surface area (TPSA) is 9.23 Å². The Morgan fingerprint density at radius 3 is 2.60 bits per heavy atom. The molecular weight excluding hydrogens is 124 g/mol. The summed E-state index contributed by atoms with van der Waals surface area (Å²) in [5, 5.41) is 0. The number of allylic oxidation sites excluding steroid dienone is 3. The highest BCUT2D eigenvalue weighted by Crippen LogP contribution is 2.16. The van der Waals surface area contributed by atoms with E-state index in [-0.39, 0.29) is 0 Å². The van der Waals surface area contributed by atoms with Gasteiger partial charge in [-0.1, -0.05) is 30.9 Å². The summed E-state index contributed by atoms with van der Waals surface area (Å²) in [6.45, 7) is 3.77. The molecule has 1 heteroatoms. The van der Waals surface area contributed by atoms with Crippen LogP contribution in [0.1, 0.15) is 6.42 Å². The van der Waals surface area contributed by atoms with Gasteiger partial charge in [0.1, 0.15) is 0 Å². The zero-order valence-electron chi connectivity index (χ0n) is 6.21. The minimum atomic E-state index is 0.291. The zero-order chi connectivity index (χ0) is 7.40. The number of hydrogen-bond donors (Lipinski definition) is 0. The molecule has 0 radical (unpaired) electrons. The van der Waals surface area contributed by atoms with E-state index >= 15 is 0 Å². The Kier molecular flexibility index (Phi) is 2.32. The van der Waals surface area contributed by atoms with Gasteiger partial charge in [-0.2, -0.15) is 0 Å². The lowest BCUT2D eigenvalue weighted by atomic mass is 10.0. The molecule has 0 unspecified atom stereocenters. The van der Waals surface area contributed by atoms with Gasteiger partial charge in [-0.05, 0) is 6.42 Å². The van der Waals surface area contributed by atoms with Gasteiger partial charge in [0.2, 0.25) is 0 Å². The summed E-state index contributed by atoms with van der Waals surface area (Å²) in [6, 6.07) is 0. The van der Waals surface area contributed by atoms with E-state index in [9.17, 15) is 0 Å². The molecule has 1 rings (SSSR count). The van der Waals surface area contributed by atoms with Crippen molar-refractivity contribution in [3.63, 3.8) is 0 Å². The first-order valence-electron chi connectivity index (χ1n) is 3.40. The smallest absolute Gasteiger partial charge is 0.0990 e. The van der Waals surface area contributed by atoms with E-state index in [2.05, 4.69) is 30.9 Å². The third kappa shape index (κ3) is 1.50. The molecule has 0 spiro atoms. The van der Waals surface area contributed by atoms with Crippen LogP contribution in [-0.2, 0) is 4.74 Å². The zero-order valence-corrected chi connectivity index (χ0v) is 6.21. The highest BCUT2D eigenvalue weighted by Gasteiger charge is 2.05. The SMILES string of the molecule is C=C(OC)C1C=CCC=C1. The molecule has 10 heavy (non-hydrogen) atoms. The fraction of sp³-hybridized carbons (Fsp3) is 0.333. The Bertz CT molecular complexity index is 165. The Morgan fingerprint density at radius 1 is 1.50 bits per heavy atom. The molecule has 0 saturated carbocycles. The van der Waals surface area contributed by atoms with E-state index in [1.807, 2.05) is 0 Å². The number of rotatable bonds is 2. The van der Waals surface area contributed by atoms with Crippen LogP contribution in [0.5, 0.6) is 0 Å². The average molecular weight is 136 g/mol. The Balaban J connectivity index is 2.55. The number of methoxy groups -OCH3 is 1. The van der Waals surface area contributed by atoms with E-state index in [1.165, 1.54) is 0 Å². The van der Waals surface area contributed by atoms with E-state index in [1.54, 1.807) is 7.11 Å². The van der Waals surface area contributed by atoms with Crippen LogP contribution in [0.25, 0.3) is 0 Å². The number of hydrogen-bond acceptors (Lipinski definition) is 1. The largest absolute Gasteiger partial charge is 0.501 e. The van der Waals surface area contributed by atoms with E-state index in [0.717, 1.165) is 12.2 Å². The van der Waals surface area contributed by atoms with Gasteiger partial charge in [-0.25, -0.2) is 0 Å². The second-order valence-corrected chi connectivity index (χ2v) is 2.29. The normalized spacial score (nSPS) is 17.3. The monoisotopic (exact) mass is 136 g/mol. The molecule has 0 atom stereocenters.